The summed E-state index contributed by atoms with van der Waals surface area (Å²) in [5.41, 5.74) is 3.45. The number of fused-ring (bicyclic) bond motifs is 1. The van der Waals surface area contributed by atoms with Crippen LogP contribution in [0, 0.1) is 0 Å². The summed E-state index contributed by atoms with van der Waals surface area (Å²) in [6, 6.07) is 15.5. The Labute approximate surface area is 135 Å². The molecule has 2 unspecified atom stereocenters. The van der Waals surface area contributed by atoms with Crippen LogP contribution in [0.5, 0.6) is 0 Å². The Balaban J connectivity index is 1.67. The molecule has 0 saturated heterocycles. The molecule has 1 aliphatic rings. The van der Waals surface area contributed by atoms with Crippen molar-refractivity contribution in [2.45, 2.75) is 32.0 Å². The highest BCUT2D eigenvalue weighted by Gasteiger charge is 2.25. The largest absolute Gasteiger partial charge is 0.348 e. The van der Waals surface area contributed by atoms with E-state index >= 15 is 0 Å². The van der Waals surface area contributed by atoms with Crippen molar-refractivity contribution in [1.29, 1.82) is 0 Å². The molecule has 2 aromatic rings. The zero-order valence-electron chi connectivity index (χ0n) is 12.5. The molecule has 1 heterocycles. The Kier molecular flexibility index (Phi) is 4.46. The van der Waals surface area contributed by atoms with Gasteiger partial charge in [0.15, 0.2) is 0 Å². The molecule has 0 aromatic heterocycles. The smallest absolute Gasteiger partial charge is 0.237 e. The van der Waals surface area contributed by atoms with Gasteiger partial charge < -0.3 is 10.6 Å². The van der Waals surface area contributed by atoms with Crippen LogP contribution in [0.15, 0.2) is 48.5 Å². The second kappa shape index (κ2) is 6.51. The molecule has 1 aliphatic heterocycles. The van der Waals surface area contributed by atoms with Crippen molar-refractivity contribution < 1.29 is 4.79 Å². The number of benzene rings is 2. The van der Waals surface area contributed by atoms with Crippen molar-refractivity contribution in [1.82, 2.24) is 10.6 Å². The van der Waals surface area contributed by atoms with E-state index in [0.717, 1.165) is 18.5 Å². The van der Waals surface area contributed by atoms with Gasteiger partial charge in [0.25, 0.3) is 0 Å². The lowest BCUT2D eigenvalue weighted by atomic mass is 9.95. The van der Waals surface area contributed by atoms with Gasteiger partial charge in [0.05, 0.1) is 12.1 Å². The Bertz CT molecular complexity index is 686. The lowest BCUT2D eigenvalue weighted by molar-refractivity contribution is -0.124. The monoisotopic (exact) mass is 314 g/mol. The quantitative estimate of drug-likeness (QED) is 0.913. The molecule has 0 spiro atoms. The molecule has 3 rings (SSSR count). The van der Waals surface area contributed by atoms with Crippen LogP contribution in [0.1, 0.15) is 29.7 Å². The van der Waals surface area contributed by atoms with Gasteiger partial charge in [-0.15, -0.1) is 0 Å². The van der Waals surface area contributed by atoms with Gasteiger partial charge in [-0.05, 0) is 36.1 Å². The third kappa shape index (κ3) is 3.16. The highest BCUT2D eigenvalue weighted by Crippen LogP contribution is 2.23. The first-order chi connectivity index (χ1) is 10.6. The minimum atomic E-state index is -0.195. The summed E-state index contributed by atoms with van der Waals surface area (Å²) in [5.74, 6) is 0.0157. The molecule has 114 valence electrons. The molecule has 0 bridgehead atoms. The summed E-state index contributed by atoms with van der Waals surface area (Å²) in [7, 11) is 0. The maximum atomic E-state index is 12.5. The number of carbonyl (C=O) groups is 1. The number of hydrogen-bond acceptors (Lipinski definition) is 2. The maximum absolute atomic E-state index is 12.5. The minimum absolute atomic E-state index is 0.0157. The number of nitrogens with one attached hydrogen (secondary N) is 2. The first-order valence-corrected chi connectivity index (χ1v) is 7.88. The van der Waals surface area contributed by atoms with E-state index in [1.165, 1.54) is 11.1 Å². The molecule has 0 aliphatic carbocycles. The standard InChI is InChI=1S/C18H19ClN2O/c1-12(15-8-4-5-9-16(15)19)21-18(22)17-10-13-6-2-3-7-14(13)11-20-17/h2-9,12,17,20H,10-11H2,1H3,(H,21,22). The SMILES string of the molecule is CC(NC(=O)C1Cc2ccccc2CN1)c1ccccc1Cl. The predicted molar refractivity (Wildman–Crippen MR) is 88.8 cm³/mol. The molecule has 22 heavy (non-hydrogen) atoms. The molecule has 0 radical (unpaired) electrons. The van der Waals surface area contributed by atoms with Crippen molar-refractivity contribution in [3.8, 4) is 0 Å². The summed E-state index contributed by atoms with van der Waals surface area (Å²) in [6.07, 6.45) is 0.719. The van der Waals surface area contributed by atoms with Gasteiger partial charge in [-0.25, -0.2) is 0 Å². The average Bonchev–Trinajstić information content (AvgIpc) is 2.54. The van der Waals surface area contributed by atoms with Crippen LogP contribution >= 0.6 is 11.6 Å². The van der Waals surface area contributed by atoms with Crippen molar-refractivity contribution in [2.24, 2.45) is 0 Å². The van der Waals surface area contributed by atoms with Gasteiger partial charge in [0.2, 0.25) is 5.91 Å². The third-order valence-electron chi connectivity index (χ3n) is 4.13. The van der Waals surface area contributed by atoms with Crippen molar-refractivity contribution in [3.63, 3.8) is 0 Å². The highest BCUT2D eigenvalue weighted by molar-refractivity contribution is 6.31. The van der Waals surface area contributed by atoms with Gasteiger partial charge in [-0.2, -0.15) is 0 Å². The van der Waals surface area contributed by atoms with E-state index in [2.05, 4.69) is 22.8 Å². The van der Waals surface area contributed by atoms with E-state index in [1.807, 2.05) is 43.3 Å². The third-order valence-corrected chi connectivity index (χ3v) is 4.47. The van der Waals surface area contributed by atoms with Crippen LogP contribution in [0.25, 0.3) is 0 Å². The molecule has 0 saturated carbocycles. The molecular formula is C18H19ClN2O. The normalized spacial score (nSPS) is 18.4. The molecule has 2 N–H and O–H groups in total. The number of rotatable bonds is 3. The van der Waals surface area contributed by atoms with Crippen molar-refractivity contribution in [2.75, 3.05) is 0 Å². The second-order valence-electron chi connectivity index (χ2n) is 5.66. The van der Waals surface area contributed by atoms with Crippen LogP contribution in [0.2, 0.25) is 5.02 Å². The van der Waals surface area contributed by atoms with Gasteiger partial charge in [-0.3, -0.25) is 4.79 Å². The lowest BCUT2D eigenvalue weighted by Gasteiger charge is -2.27. The fraction of sp³-hybridized carbons (Fsp3) is 0.278. The number of halogens is 1. The van der Waals surface area contributed by atoms with Gasteiger partial charge in [0, 0.05) is 11.6 Å². The van der Waals surface area contributed by atoms with Crippen LogP contribution in [-0.4, -0.2) is 11.9 Å². The molecule has 2 aromatic carbocycles. The molecule has 2 atom stereocenters. The lowest BCUT2D eigenvalue weighted by Crippen LogP contribution is -2.48. The second-order valence-corrected chi connectivity index (χ2v) is 6.07. The Morgan fingerprint density at radius 1 is 1.18 bits per heavy atom. The first kappa shape index (κ1) is 15.1. The minimum Gasteiger partial charge on any atom is -0.348 e. The van der Waals surface area contributed by atoms with Gasteiger partial charge >= 0.3 is 0 Å². The summed E-state index contributed by atoms with van der Waals surface area (Å²) in [6.45, 7) is 2.69. The fourth-order valence-electron chi connectivity index (χ4n) is 2.86. The summed E-state index contributed by atoms with van der Waals surface area (Å²) in [4.78, 5) is 12.5. The zero-order chi connectivity index (χ0) is 15.5. The Morgan fingerprint density at radius 3 is 2.64 bits per heavy atom. The van der Waals surface area contributed by atoms with Crippen LogP contribution in [0.3, 0.4) is 0 Å². The Morgan fingerprint density at radius 2 is 1.86 bits per heavy atom. The van der Waals surface area contributed by atoms with E-state index in [-0.39, 0.29) is 18.0 Å². The van der Waals surface area contributed by atoms with E-state index in [9.17, 15) is 4.79 Å². The summed E-state index contributed by atoms with van der Waals surface area (Å²) < 4.78 is 0. The predicted octanol–water partition coefficient (Wildman–Crippen LogP) is 3.23. The van der Waals surface area contributed by atoms with E-state index < -0.39 is 0 Å². The van der Waals surface area contributed by atoms with Gasteiger partial charge in [0.1, 0.15) is 0 Å². The maximum Gasteiger partial charge on any atom is 0.237 e. The topological polar surface area (TPSA) is 41.1 Å². The fourth-order valence-corrected chi connectivity index (χ4v) is 3.16. The van der Waals surface area contributed by atoms with Crippen LogP contribution < -0.4 is 10.6 Å². The molecule has 4 heteroatoms. The summed E-state index contributed by atoms with van der Waals surface area (Å²) in [5, 5.41) is 7.03. The van der Waals surface area contributed by atoms with E-state index in [1.54, 1.807) is 0 Å². The van der Waals surface area contributed by atoms with E-state index in [4.69, 9.17) is 11.6 Å². The van der Waals surface area contributed by atoms with Crippen LogP contribution in [-0.2, 0) is 17.8 Å². The highest BCUT2D eigenvalue weighted by atomic mass is 35.5. The average molecular weight is 315 g/mol. The molecule has 3 nitrogen and oxygen atoms in total. The Hall–Kier alpha value is -1.84. The molecule has 0 fully saturated rings. The number of hydrogen-bond donors (Lipinski definition) is 2. The number of carbonyl (C=O) groups excluding carboxylic acids is 1. The molecular weight excluding hydrogens is 296 g/mol. The van der Waals surface area contributed by atoms with Crippen molar-refractivity contribution in [3.05, 3.63) is 70.2 Å². The summed E-state index contributed by atoms with van der Waals surface area (Å²) >= 11 is 6.19. The molecule has 1 amide bonds. The van der Waals surface area contributed by atoms with E-state index in [0.29, 0.717) is 5.02 Å². The number of amides is 1. The zero-order valence-corrected chi connectivity index (χ0v) is 13.2. The van der Waals surface area contributed by atoms with Crippen molar-refractivity contribution >= 4 is 17.5 Å². The van der Waals surface area contributed by atoms with Gasteiger partial charge in [-0.1, -0.05) is 54.1 Å². The van der Waals surface area contributed by atoms with Crippen LogP contribution in [0.4, 0.5) is 0 Å². The first-order valence-electron chi connectivity index (χ1n) is 7.50.